The van der Waals surface area contributed by atoms with Gasteiger partial charge < -0.3 is 19.1 Å². The van der Waals surface area contributed by atoms with Crippen molar-refractivity contribution in [3.05, 3.63) is 64.3 Å². The Bertz CT molecular complexity index is 1260. The van der Waals surface area contributed by atoms with Crippen LogP contribution < -0.4 is 9.64 Å². The molecule has 166 valence electrons. The predicted octanol–water partition coefficient (Wildman–Crippen LogP) is 5.04. The molecule has 0 fully saturated rings. The van der Waals surface area contributed by atoms with E-state index in [9.17, 15) is 4.79 Å². The SMILES string of the molecule is COc1cc(Cl)ccc1C1=CC(=O)N(c2ccc3c4c(n(C)c3c2)CCN(C)C4)C(C)C1. The molecule has 0 radical (unpaired) electrons. The van der Waals surface area contributed by atoms with Gasteiger partial charge in [-0.05, 0) is 61.9 Å². The van der Waals surface area contributed by atoms with Crippen molar-refractivity contribution < 1.29 is 9.53 Å². The number of halogens is 1. The van der Waals surface area contributed by atoms with E-state index in [0.29, 0.717) is 10.8 Å². The first-order valence-corrected chi connectivity index (χ1v) is 11.4. The number of ether oxygens (including phenoxy) is 1. The summed E-state index contributed by atoms with van der Waals surface area (Å²) >= 11 is 6.12. The third kappa shape index (κ3) is 3.40. The lowest BCUT2D eigenvalue weighted by molar-refractivity contribution is -0.114. The first kappa shape index (κ1) is 21.1. The van der Waals surface area contributed by atoms with E-state index < -0.39 is 0 Å². The molecule has 3 aromatic rings. The molecule has 5 nitrogen and oxygen atoms in total. The summed E-state index contributed by atoms with van der Waals surface area (Å²) in [4.78, 5) is 17.6. The molecule has 0 saturated heterocycles. The Morgan fingerprint density at radius 2 is 1.94 bits per heavy atom. The minimum atomic E-state index is -0.00573. The Kier molecular flexibility index (Phi) is 5.26. The normalized spacial score (nSPS) is 19.3. The molecule has 0 aliphatic carbocycles. The lowest BCUT2D eigenvalue weighted by Gasteiger charge is -2.33. The van der Waals surface area contributed by atoms with Crippen molar-refractivity contribution in [2.24, 2.45) is 7.05 Å². The van der Waals surface area contributed by atoms with Gasteiger partial charge in [-0.15, -0.1) is 0 Å². The number of hydrogen-bond donors (Lipinski definition) is 0. The number of fused-ring (bicyclic) bond motifs is 3. The number of carbonyl (C=O) groups is 1. The number of hydrogen-bond acceptors (Lipinski definition) is 3. The molecule has 1 amide bonds. The fourth-order valence-electron chi connectivity index (χ4n) is 5.25. The van der Waals surface area contributed by atoms with Gasteiger partial charge in [-0.2, -0.15) is 0 Å². The third-order valence-corrected chi connectivity index (χ3v) is 7.09. The number of aromatic nitrogens is 1. The molecule has 5 rings (SSSR count). The van der Waals surface area contributed by atoms with Gasteiger partial charge in [0.25, 0.3) is 5.91 Å². The number of nitrogens with zero attached hydrogens (tertiary/aromatic N) is 3. The van der Waals surface area contributed by atoms with Gasteiger partial charge in [-0.25, -0.2) is 0 Å². The highest BCUT2D eigenvalue weighted by Gasteiger charge is 2.29. The fourth-order valence-corrected chi connectivity index (χ4v) is 5.41. The van der Waals surface area contributed by atoms with Crippen molar-refractivity contribution >= 4 is 39.7 Å². The largest absolute Gasteiger partial charge is 0.496 e. The maximum atomic E-state index is 13.3. The summed E-state index contributed by atoms with van der Waals surface area (Å²) in [5.41, 5.74) is 6.86. The van der Waals surface area contributed by atoms with E-state index in [2.05, 4.69) is 48.7 Å². The Hall–Kier alpha value is -2.76. The zero-order chi connectivity index (χ0) is 22.6. The van der Waals surface area contributed by atoms with Crippen molar-refractivity contribution in [1.82, 2.24) is 9.47 Å². The van der Waals surface area contributed by atoms with Crippen LogP contribution in [0.15, 0.2) is 42.5 Å². The lowest BCUT2D eigenvalue weighted by Crippen LogP contribution is -2.40. The van der Waals surface area contributed by atoms with E-state index in [1.807, 2.05) is 17.0 Å². The first-order chi connectivity index (χ1) is 15.4. The second-order valence-corrected chi connectivity index (χ2v) is 9.39. The highest BCUT2D eigenvalue weighted by molar-refractivity contribution is 6.30. The van der Waals surface area contributed by atoms with E-state index in [1.54, 1.807) is 19.3 Å². The molecular weight excluding hydrogens is 422 g/mol. The Morgan fingerprint density at radius 1 is 1.12 bits per heavy atom. The van der Waals surface area contributed by atoms with Crippen LogP contribution in [-0.4, -0.2) is 42.1 Å². The number of rotatable bonds is 3. The van der Waals surface area contributed by atoms with E-state index in [1.165, 1.54) is 22.2 Å². The molecule has 1 aromatic heterocycles. The minimum absolute atomic E-state index is 0.00573. The van der Waals surface area contributed by atoms with Crippen LogP contribution in [0.4, 0.5) is 5.69 Å². The van der Waals surface area contributed by atoms with Crippen molar-refractivity contribution in [3.8, 4) is 5.75 Å². The fraction of sp³-hybridized carbons (Fsp3) is 0.346. The van der Waals surface area contributed by atoms with Crippen LogP contribution in [0.2, 0.25) is 5.02 Å². The molecule has 32 heavy (non-hydrogen) atoms. The minimum Gasteiger partial charge on any atom is -0.496 e. The van der Waals surface area contributed by atoms with Crippen LogP contribution in [0.1, 0.15) is 30.2 Å². The molecule has 3 heterocycles. The average molecular weight is 450 g/mol. The van der Waals surface area contributed by atoms with E-state index >= 15 is 0 Å². The molecule has 0 bridgehead atoms. The molecule has 0 N–H and O–H groups in total. The third-order valence-electron chi connectivity index (χ3n) is 6.86. The monoisotopic (exact) mass is 449 g/mol. The molecule has 0 spiro atoms. The molecule has 1 unspecified atom stereocenters. The summed E-state index contributed by atoms with van der Waals surface area (Å²) in [7, 11) is 5.94. The number of carbonyl (C=O) groups excluding carboxylic acids is 1. The predicted molar refractivity (Wildman–Crippen MR) is 131 cm³/mol. The standard InChI is InChI=1S/C26H28ClN3O2/c1-16-11-17(20-7-5-18(27)13-25(20)32-4)12-26(31)30(16)19-6-8-21-22-15-28(2)10-9-23(22)29(3)24(21)14-19/h5-8,12-14,16H,9-11,15H2,1-4H3. The summed E-state index contributed by atoms with van der Waals surface area (Å²) < 4.78 is 7.82. The van der Waals surface area contributed by atoms with Gasteiger partial charge in [-0.1, -0.05) is 17.7 Å². The quantitative estimate of drug-likeness (QED) is 0.562. The Balaban J connectivity index is 1.52. The molecule has 6 heteroatoms. The number of likely N-dealkylation sites (N-methyl/N-ethyl adjacent to an activating group) is 1. The second kappa shape index (κ2) is 7.98. The van der Waals surface area contributed by atoms with Crippen LogP contribution in [0.5, 0.6) is 5.75 Å². The van der Waals surface area contributed by atoms with Crippen molar-refractivity contribution in [2.75, 3.05) is 25.6 Å². The zero-order valence-corrected chi connectivity index (χ0v) is 19.7. The van der Waals surface area contributed by atoms with Gasteiger partial charge in [0.1, 0.15) is 5.75 Å². The van der Waals surface area contributed by atoms with Gasteiger partial charge in [0.2, 0.25) is 0 Å². The molecule has 2 aromatic carbocycles. The number of aryl methyl sites for hydroxylation is 1. The summed E-state index contributed by atoms with van der Waals surface area (Å²) in [5, 5.41) is 1.91. The maximum absolute atomic E-state index is 13.3. The van der Waals surface area contributed by atoms with Gasteiger partial charge in [-0.3, -0.25) is 4.79 Å². The van der Waals surface area contributed by atoms with Crippen LogP contribution in [0.25, 0.3) is 16.5 Å². The van der Waals surface area contributed by atoms with Crippen LogP contribution in [-0.2, 0) is 24.8 Å². The molecule has 2 aliphatic heterocycles. The van der Waals surface area contributed by atoms with Gasteiger partial charge in [0, 0.05) is 66.0 Å². The van der Waals surface area contributed by atoms with Gasteiger partial charge in [0.05, 0.1) is 12.6 Å². The highest BCUT2D eigenvalue weighted by Crippen LogP contribution is 2.38. The topological polar surface area (TPSA) is 37.7 Å². The van der Waals surface area contributed by atoms with Crippen LogP contribution in [0, 0.1) is 0 Å². The Morgan fingerprint density at radius 3 is 2.69 bits per heavy atom. The summed E-state index contributed by atoms with van der Waals surface area (Å²) in [5.74, 6) is 0.687. The van der Waals surface area contributed by atoms with Crippen molar-refractivity contribution in [3.63, 3.8) is 0 Å². The van der Waals surface area contributed by atoms with E-state index in [-0.39, 0.29) is 11.9 Å². The van der Waals surface area contributed by atoms with E-state index in [4.69, 9.17) is 16.3 Å². The van der Waals surface area contributed by atoms with E-state index in [0.717, 1.165) is 42.8 Å². The maximum Gasteiger partial charge on any atom is 0.251 e. The van der Waals surface area contributed by atoms with Gasteiger partial charge >= 0.3 is 0 Å². The molecule has 1 atom stereocenters. The number of methoxy groups -OCH3 is 1. The average Bonchev–Trinajstić information content (AvgIpc) is 3.04. The molecule has 0 saturated carbocycles. The van der Waals surface area contributed by atoms with Crippen molar-refractivity contribution in [2.45, 2.75) is 32.4 Å². The summed E-state index contributed by atoms with van der Waals surface area (Å²) in [6.07, 6.45) is 3.54. The van der Waals surface area contributed by atoms with Crippen molar-refractivity contribution in [1.29, 1.82) is 0 Å². The lowest BCUT2D eigenvalue weighted by atomic mass is 9.93. The molecular formula is C26H28ClN3O2. The summed E-state index contributed by atoms with van der Waals surface area (Å²) in [6.45, 7) is 4.15. The second-order valence-electron chi connectivity index (χ2n) is 8.95. The highest BCUT2D eigenvalue weighted by atomic mass is 35.5. The van der Waals surface area contributed by atoms with Crippen LogP contribution >= 0.6 is 11.6 Å². The number of benzene rings is 2. The smallest absolute Gasteiger partial charge is 0.251 e. The summed E-state index contributed by atoms with van der Waals surface area (Å²) in [6, 6.07) is 12.0. The number of amides is 1. The molecule has 2 aliphatic rings. The van der Waals surface area contributed by atoms with Gasteiger partial charge in [0.15, 0.2) is 0 Å². The van der Waals surface area contributed by atoms with Crippen LogP contribution in [0.3, 0.4) is 0 Å². The zero-order valence-electron chi connectivity index (χ0n) is 19.0. The first-order valence-electron chi connectivity index (χ1n) is 11.0. The Labute approximate surface area is 193 Å². The number of anilines is 1.